The summed E-state index contributed by atoms with van der Waals surface area (Å²) in [4.78, 5) is 43.8. The van der Waals surface area contributed by atoms with Gasteiger partial charge in [-0.15, -0.1) is 0 Å². The van der Waals surface area contributed by atoms with Gasteiger partial charge in [0.1, 0.15) is 40.7 Å². The summed E-state index contributed by atoms with van der Waals surface area (Å²) in [6.07, 6.45) is 3.57. The first kappa shape index (κ1) is 42.5. The van der Waals surface area contributed by atoms with E-state index in [4.69, 9.17) is 35.3 Å². The van der Waals surface area contributed by atoms with Gasteiger partial charge in [-0.25, -0.2) is 4.79 Å². The Kier molecular flexibility index (Phi) is 13.4. The van der Waals surface area contributed by atoms with Crippen LogP contribution in [0.2, 0.25) is 5.02 Å². The predicted molar refractivity (Wildman–Crippen MR) is 207 cm³/mol. The highest BCUT2D eigenvalue weighted by molar-refractivity contribution is 7.81. The Morgan fingerprint density at radius 2 is 1.98 bits per heavy atom. The summed E-state index contributed by atoms with van der Waals surface area (Å²) >= 11 is 11.3. The third-order valence-corrected chi connectivity index (χ3v) is 11.2. The van der Waals surface area contributed by atoms with Crippen LogP contribution in [0.25, 0.3) is 0 Å². The van der Waals surface area contributed by atoms with E-state index in [1.165, 1.54) is 24.0 Å². The van der Waals surface area contributed by atoms with E-state index >= 15 is 0 Å². The van der Waals surface area contributed by atoms with Crippen LogP contribution in [0.1, 0.15) is 72.8 Å². The van der Waals surface area contributed by atoms with Gasteiger partial charge in [-0.3, -0.25) is 9.59 Å². The van der Waals surface area contributed by atoms with Crippen molar-refractivity contribution < 1.29 is 43.2 Å². The average Bonchev–Trinajstić information content (AvgIpc) is 3.78. The minimum atomic E-state index is -1.58. The Balaban J connectivity index is 1.74. The molecule has 2 fully saturated rings. The second-order valence-electron chi connectivity index (χ2n) is 15.4. The average molecular weight is 778 g/mol. The highest BCUT2D eigenvalue weighted by Crippen LogP contribution is 2.49. The number of halogens is 1. The molecule has 0 saturated carbocycles. The lowest BCUT2D eigenvalue weighted by Crippen LogP contribution is -2.60. The van der Waals surface area contributed by atoms with Crippen molar-refractivity contribution in [2.45, 2.75) is 120 Å². The zero-order valence-corrected chi connectivity index (χ0v) is 34.2. The molecule has 1 aromatic carbocycles. The van der Waals surface area contributed by atoms with Gasteiger partial charge in [0.05, 0.1) is 25.3 Å². The number of aliphatic hydroxyl groups is 1. The van der Waals surface area contributed by atoms with Crippen molar-refractivity contribution in [1.82, 2.24) is 10.2 Å². The van der Waals surface area contributed by atoms with Crippen molar-refractivity contribution in [3.05, 3.63) is 59.0 Å². The second kappa shape index (κ2) is 16.6. The number of epoxide rings is 1. The number of benzene rings is 1. The summed E-state index contributed by atoms with van der Waals surface area (Å²) in [6, 6.07) is 2.69. The highest BCUT2D eigenvalue weighted by Gasteiger charge is 2.64. The number of hydrogen-bond acceptors (Lipinski definition) is 11. The van der Waals surface area contributed by atoms with Gasteiger partial charge < -0.3 is 43.9 Å². The fourth-order valence-electron chi connectivity index (χ4n) is 6.92. The number of esters is 1. The minimum Gasteiger partial charge on any atom is -0.495 e. The molecule has 0 aliphatic carbocycles. The largest absolute Gasteiger partial charge is 0.495 e. The monoisotopic (exact) mass is 777 g/mol. The maximum absolute atomic E-state index is 14.2. The van der Waals surface area contributed by atoms with Crippen molar-refractivity contribution in [2.24, 2.45) is 5.92 Å². The van der Waals surface area contributed by atoms with Crippen LogP contribution in [-0.4, -0.2) is 103 Å². The Morgan fingerprint density at radius 1 is 1.30 bits per heavy atom. The summed E-state index contributed by atoms with van der Waals surface area (Å²) in [6.45, 7) is 15.0. The summed E-state index contributed by atoms with van der Waals surface area (Å²) in [5.74, 6) is -1.12. The molecule has 0 spiro atoms. The molecule has 53 heavy (non-hydrogen) atoms. The molecule has 4 bridgehead atoms. The lowest BCUT2D eigenvalue weighted by molar-refractivity contribution is -0.162. The number of nitrogens with zero attached hydrogens (tertiary/aromatic N) is 2. The number of amides is 2. The number of thiol groups is 1. The van der Waals surface area contributed by atoms with Crippen LogP contribution in [-0.2, 0) is 39.8 Å². The third-order valence-electron chi connectivity index (χ3n) is 10.5. The SMILES string of the molecule is C=C1N[C@]2(O)C[C@H](O1)[C@@H](C)[C@@H]1O[C@@]1(C)[C@@H](OC(=O)[C@H](C)N(C)C(=O)CCC(C)(C)S)CC(=O)N(C)c1cc(cc(OC)c1Cl)C/C(C)=C\C=C\[C@H]2OC. The van der Waals surface area contributed by atoms with Gasteiger partial charge >= 0.3 is 5.97 Å². The molecule has 3 aliphatic rings. The van der Waals surface area contributed by atoms with Gasteiger partial charge in [0.25, 0.3) is 0 Å². The number of carbonyl (C=O) groups excluding carboxylic acids is 3. The molecule has 0 aromatic heterocycles. The van der Waals surface area contributed by atoms with Crippen molar-refractivity contribution in [3.63, 3.8) is 0 Å². The minimum absolute atomic E-state index is 0.109. The number of allylic oxidation sites excluding steroid dienone is 3. The molecule has 3 heterocycles. The van der Waals surface area contributed by atoms with Gasteiger partial charge in [-0.1, -0.05) is 56.2 Å². The van der Waals surface area contributed by atoms with Crippen LogP contribution < -0.4 is 15.0 Å². The molecule has 294 valence electrons. The van der Waals surface area contributed by atoms with Crippen LogP contribution in [0, 0.1) is 5.92 Å². The van der Waals surface area contributed by atoms with Crippen molar-refractivity contribution in [1.29, 1.82) is 0 Å². The van der Waals surface area contributed by atoms with Crippen molar-refractivity contribution >= 4 is 47.7 Å². The number of rotatable bonds is 8. The summed E-state index contributed by atoms with van der Waals surface area (Å²) < 4.78 is 29.6. The van der Waals surface area contributed by atoms with E-state index in [1.54, 1.807) is 34.0 Å². The molecule has 2 amide bonds. The van der Waals surface area contributed by atoms with E-state index in [0.29, 0.717) is 24.3 Å². The first-order valence-corrected chi connectivity index (χ1v) is 18.7. The molecule has 3 aliphatic heterocycles. The number of likely N-dealkylation sites (N-methyl/N-ethyl adjacent to an activating group) is 1. The molecular weight excluding hydrogens is 722 g/mol. The molecular formula is C39H56ClN3O9S. The van der Waals surface area contributed by atoms with E-state index in [-0.39, 0.29) is 46.7 Å². The molecule has 12 nitrogen and oxygen atoms in total. The summed E-state index contributed by atoms with van der Waals surface area (Å²) in [5.41, 5.74) is -0.475. The zero-order valence-electron chi connectivity index (χ0n) is 32.5. The molecule has 2 saturated heterocycles. The molecule has 2 N–H and O–H groups in total. The predicted octanol–water partition coefficient (Wildman–Crippen LogP) is 5.35. The maximum atomic E-state index is 14.2. The van der Waals surface area contributed by atoms with E-state index in [1.807, 2.05) is 52.0 Å². The fourth-order valence-corrected chi connectivity index (χ4v) is 7.34. The molecule has 0 unspecified atom stereocenters. The first-order valence-electron chi connectivity index (χ1n) is 17.9. The Morgan fingerprint density at radius 3 is 2.60 bits per heavy atom. The topological polar surface area (TPSA) is 139 Å². The van der Waals surface area contributed by atoms with Crippen LogP contribution in [0.3, 0.4) is 0 Å². The van der Waals surface area contributed by atoms with Crippen LogP contribution >= 0.6 is 24.2 Å². The Hall–Kier alpha value is -3.23. The normalized spacial score (nSPS) is 31.5. The van der Waals surface area contributed by atoms with Crippen LogP contribution in [0.5, 0.6) is 5.75 Å². The smallest absolute Gasteiger partial charge is 0.328 e. The molecule has 14 heteroatoms. The van der Waals surface area contributed by atoms with E-state index in [0.717, 1.165) is 11.1 Å². The Bertz CT molecular complexity index is 1630. The summed E-state index contributed by atoms with van der Waals surface area (Å²) in [5, 5.41) is 15.1. The van der Waals surface area contributed by atoms with Crippen molar-refractivity contribution in [2.75, 3.05) is 33.2 Å². The lowest BCUT2D eigenvalue weighted by atomic mass is 9.83. The number of carbonyl (C=O) groups is 3. The van der Waals surface area contributed by atoms with Gasteiger partial charge in [-0.2, -0.15) is 12.6 Å². The van der Waals surface area contributed by atoms with Crippen LogP contribution in [0.15, 0.2) is 48.4 Å². The quantitative estimate of drug-likeness (QED) is 0.180. The molecule has 0 radical (unpaired) electrons. The molecule has 4 rings (SSSR count). The van der Waals surface area contributed by atoms with E-state index in [9.17, 15) is 19.5 Å². The number of ether oxygens (including phenoxy) is 5. The Labute approximate surface area is 324 Å². The number of nitrogens with one attached hydrogen (secondary N) is 1. The van der Waals surface area contributed by atoms with Gasteiger partial charge in [0, 0.05) is 44.7 Å². The van der Waals surface area contributed by atoms with E-state index in [2.05, 4.69) is 24.5 Å². The van der Waals surface area contributed by atoms with Gasteiger partial charge in [0.2, 0.25) is 11.8 Å². The number of methoxy groups -OCH3 is 2. The van der Waals surface area contributed by atoms with Crippen molar-refractivity contribution in [3.8, 4) is 5.75 Å². The molecule has 1 aromatic rings. The lowest BCUT2D eigenvalue weighted by Gasteiger charge is -2.44. The fraction of sp³-hybridized carbons (Fsp3) is 0.615. The maximum Gasteiger partial charge on any atom is 0.328 e. The van der Waals surface area contributed by atoms with E-state index < -0.39 is 53.7 Å². The number of hydrogen-bond donors (Lipinski definition) is 3. The third kappa shape index (κ3) is 9.91. The first-order chi connectivity index (χ1) is 24.6. The molecule has 8 atom stereocenters. The van der Waals surface area contributed by atoms with Gasteiger partial charge in [-0.05, 0) is 57.9 Å². The summed E-state index contributed by atoms with van der Waals surface area (Å²) in [7, 11) is 6.18. The zero-order chi connectivity index (χ0) is 39.6. The second-order valence-corrected chi connectivity index (χ2v) is 16.9. The van der Waals surface area contributed by atoms with Crippen LogP contribution in [0.4, 0.5) is 5.69 Å². The number of fused-ring (bicyclic) bond motifs is 5. The standard InChI is InChI=1S/C39H56ClN3O9S/c1-22-13-12-14-30(49-11)39(47)21-29(50-25(4)41-39)23(2)35-38(7,52-35)31(51-36(46)24(3)42(8)32(44)15-16-37(5,6)53)20-33(45)43(9)27-18-26(17-22)19-28(48-10)34(27)40/h12-14,18-19,23-24,29-31,35,41,47,53H,4,15-17,20-21H2,1-3,5-11H3/b14-12+,22-13-/t23-,24+,29+,30-,31+,35+,38+,39+/m1/s1. The van der Waals surface area contributed by atoms with Gasteiger partial charge in [0.15, 0.2) is 11.6 Å². The highest BCUT2D eigenvalue weighted by atomic mass is 35.5. The number of anilines is 1.